The predicted octanol–water partition coefficient (Wildman–Crippen LogP) is 6.90. The quantitative estimate of drug-likeness (QED) is 0.257. The fourth-order valence-corrected chi connectivity index (χ4v) is 2.39. The van der Waals surface area contributed by atoms with Gasteiger partial charge in [0.05, 0.1) is 6.61 Å². The summed E-state index contributed by atoms with van der Waals surface area (Å²) >= 11 is 0. The number of allylic oxidation sites excluding steroid dienone is 7. The molecule has 132 valence electrons. The van der Waals surface area contributed by atoms with Gasteiger partial charge in [-0.2, -0.15) is 0 Å². The molecule has 0 heterocycles. The molecule has 23 heavy (non-hydrogen) atoms. The second-order valence-corrected chi connectivity index (χ2v) is 6.01. The zero-order chi connectivity index (χ0) is 17.0. The Balaban J connectivity index is 3.34. The van der Waals surface area contributed by atoms with Crippen molar-refractivity contribution in [2.24, 2.45) is 0 Å². The van der Waals surface area contributed by atoms with Crippen molar-refractivity contribution in [3.05, 3.63) is 48.1 Å². The number of hydrogen-bond donors (Lipinski definition) is 1. The highest BCUT2D eigenvalue weighted by atomic mass is 16.3. The van der Waals surface area contributed by atoms with Crippen molar-refractivity contribution in [1.82, 2.24) is 0 Å². The summed E-state index contributed by atoms with van der Waals surface area (Å²) in [5.74, 6) is 0. The van der Waals surface area contributed by atoms with Gasteiger partial charge in [-0.3, -0.25) is 0 Å². The normalized spacial score (nSPS) is 13.1. The van der Waals surface area contributed by atoms with Crippen LogP contribution in [0.15, 0.2) is 48.1 Å². The molecule has 0 unspecified atom stereocenters. The van der Waals surface area contributed by atoms with Crippen LogP contribution in [0.1, 0.15) is 84.5 Å². The Hall–Kier alpha value is -1.08. The highest BCUT2D eigenvalue weighted by molar-refractivity contribution is 5.00. The molecule has 0 aliphatic rings. The number of aliphatic hydroxyl groups excluding tert-OH is 1. The van der Waals surface area contributed by atoms with Crippen molar-refractivity contribution in [2.75, 3.05) is 6.61 Å². The minimum Gasteiger partial charge on any atom is -0.392 e. The third-order valence-corrected chi connectivity index (χ3v) is 3.95. The SMILES string of the molecule is CC/C=C\C/C=C\C/C=C\CCCCCCC/C=C(\CC)CO. The van der Waals surface area contributed by atoms with Crippen molar-refractivity contribution < 1.29 is 5.11 Å². The summed E-state index contributed by atoms with van der Waals surface area (Å²) in [6.07, 6.45) is 28.9. The molecule has 0 rings (SSSR count). The molecule has 0 saturated heterocycles. The molecule has 0 amide bonds. The van der Waals surface area contributed by atoms with E-state index in [0.29, 0.717) is 0 Å². The monoisotopic (exact) mass is 318 g/mol. The van der Waals surface area contributed by atoms with Gasteiger partial charge in [0.2, 0.25) is 0 Å². The molecule has 0 aliphatic carbocycles. The molecule has 0 aromatic carbocycles. The summed E-state index contributed by atoms with van der Waals surface area (Å²) in [6, 6.07) is 0. The van der Waals surface area contributed by atoms with Gasteiger partial charge in [-0.1, -0.05) is 75.6 Å². The lowest BCUT2D eigenvalue weighted by molar-refractivity contribution is 0.327. The summed E-state index contributed by atoms with van der Waals surface area (Å²) in [5, 5.41) is 9.07. The summed E-state index contributed by atoms with van der Waals surface area (Å²) in [4.78, 5) is 0. The zero-order valence-corrected chi connectivity index (χ0v) is 15.5. The number of unbranched alkanes of at least 4 members (excludes halogenated alkanes) is 6. The molecule has 0 fully saturated rings. The van der Waals surface area contributed by atoms with Crippen molar-refractivity contribution in [2.45, 2.75) is 84.5 Å². The molecule has 0 radical (unpaired) electrons. The minimum absolute atomic E-state index is 0.230. The summed E-state index contributed by atoms with van der Waals surface area (Å²) in [5.41, 5.74) is 1.19. The fraction of sp³-hybridized carbons (Fsp3) is 0.636. The van der Waals surface area contributed by atoms with Gasteiger partial charge < -0.3 is 5.11 Å². The van der Waals surface area contributed by atoms with Crippen LogP contribution in [0.5, 0.6) is 0 Å². The first kappa shape index (κ1) is 21.9. The number of hydrogen-bond acceptors (Lipinski definition) is 1. The van der Waals surface area contributed by atoms with Crippen LogP contribution in [-0.4, -0.2) is 11.7 Å². The van der Waals surface area contributed by atoms with E-state index in [-0.39, 0.29) is 6.61 Å². The molecule has 0 saturated carbocycles. The third-order valence-electron chi connectivity index (χ3n) is 3.95. The molecule has 0 atom stereocenters. The second-order valence-electron chi connectivity index (χ2n) is 6.01. The first-order valence-corrected chi connectivity index (χ1v) is 9.58. The van der Waals surface area contributed by atoms with Crippen molar-refractivity contribution in [1.29, 1.82) is 0 Å². The van der Waals surface area contributed by atoms with E-state index in [2.05, 4.69) is 56.4 Å². The standard InChI is InChI=1S/C22H38O/c1-3-5-6-7-8-9-10-11-12-13-14-15-16-17-18-19-20-22(4-2)21-23/h5-6,8-9,11-12,20,23H,3-4,7,10,13-19,21H2,1-2H3/b6-5-,9-8-,12-11-,22-20+. The van der Waals surface area contributed by atoms with Gasteiger partial charge in [0, 0.05) is 0 Å². The van der Waals surface area contributed by atoms with E-state index in [9.17, 15) is 0 Å². The molecule has 0 spiro atoms. The molecule has 1 N–H and O–H groups in total. The van der Waals surface area contributed by atoms with E-state index in [1.165, 1.54) is 44.1 Å². The van der Waals surface area contributed by atoms with Crippen LogP contribution in [0.25, 0.3) is 0 Å². The largest absolute Gasteiger partial charge is 0.392 e. The Morgan fingerprint density at radius 1 is 0.696 bits per heavy atom. The first-order valence-electron chi connectivity index (χ1n) is 9.58. The second kappa shape index (κ2) is 19.0. The van der Waals surface area contributed by atoms with Crippen LogP contribution in [0.2, 0.25) is 0 Å². The zero-order valence-electron chi connectivity index (χ0n) is 15.5. The lowest BCUT2D eigenvalue weighted by Gasteiger charge is -2.01. The Morgan fingerprint density at radius 3 is 1.87 bits per heavy atom. The summed E-state index contributed by atoms with van der Waals surface area (Å²) in [7, 11) is 0. The first-order chi connectivity index (χ1) is 11.3. The van der Waals surface area contributed by atoms with E-state index >= 15 is 0 Å². The molecule has 1 heteroatoms. The van der Waals surface area contributed by atoms with Gasteiger partial charge in [-0.15, -0.1) is 0 Å². The van der Waals surface area contributed by atoms with Gasteiger partial charge in [0.15, 0.2) is 0 Å². The van der Waals surface area contributed by atoms with Gasteiger partial charge in [0.25, 0.3) is 0 Å². The van der Waals surface area contributed by atoms with Crippen LogP contribution < -0.4 is 0 Å². The van der Waals surface area contributed by atoms with E-state index in [4.69, 9.17) is 5.11 Å². The van der Waals surface area contributed by atoms with E-state index in [1.54, 1.807) is 0 Å². The lowest BCUT2D eigenvalue weighted by atomic mass is 10.1. The van der Waals surface area contributed by atoms with Crippen LogP contribution in [0.3, 0.4) is 0 Å². The van der Waals surface area contributed by atoms with Gasteiger partial charge in [0.1, 0.15) is 0 Å². The third kappa shape index (κ3) is 17.1. The molecule has 0 aromatic heterocycles. The summed E-state index contributed by atoms with van der Waals surface area (Å²) in [6.45, 7) is 4.50. The smallest absolute Gasteiger partial charge is 0.0641 e. The number of rotatable bonds is 15. The maximum atomic E-state index is 9.07. The van der Waals surface area contributed by atoms with Gasteiger partial charge in [-0.05, 0) is 56.9 Å². The summed E-state index contributed by atoms with van der Waals surface area (Å²) < 4.78 is 0. The molecule has 1 nitrogen and oxygen atoms in total. The van der Waals surface area contributed by atoms with E-state index in [1.807, 2.05) is 0 Å². The fourth-order valence-electron chi connectivity index (χ4n) is 2.39. The predicted molar refractivity (Wildman–Crippen MR) is 105 cm³/mol. The molecular weight excluding hydrogens is 280 g/mol. The van der Waals surface area contributed by atoms with Crippen molar-refractivity contribution in [3.8, 4) is 0 Å². The number of aliphatic hydroxyl groups is 1. The average Bonchev–Trinajstić information content (AvgIpc) is 2.58. The van der Waals surface area contributed by atoms with Gasteiger partial charge >= 0.3 is 0 Å². The maximum Gasteiger partial charge on any atom is 0.0641 e. The Morgan fingerprint density at radius 2 is 1.26 bits per heavy atom. The van der Waals surface area contributed by atoms with Crippen LogP contribution in [0.4, 0.5) is 0 Å². The Kier molecular flexibility index (Phi) is 18.1. The highest BCUT2D eigenvalue weighted by Crippen LogP contribution is 2.10. The van der Waals surface area contributed by atoms with Crippen molar-refractivity contribution >= 4 is 0 Å². The lowest BCUT2D eigenvalue weighted by Crippen LogP contribution is -1.88. The highest BCUT2D eigenvalue weighted by Gasteiger charge is 1.92. The topological polar surface area (TPSA) is 20.2 Å². The molecule has 0 bridgehead atoms. The molecular formula is C22H38O. The van der Waals surface area contributed by atoms with E-state index < -0.39 is 0 Å². The molecule has 0 aromatic rings. The average molecular weight is 319 g/mol. The van der Waals surface area contributed by atoms with Crippen LogP contribution in [0, 0.1) is 0 Å². The van der Waals surface area contributed by atoms with E-state index in [0.717, 1.165) is 32.1 Å². The molecule has 0 aliphatic heterocycles. The Bertz CT molecular complexity index is 341. The maximum absolute atomic E-state index is 9.07. The minimum atomic E-state index is 0.230. The van der Waals surface area contributed by atoms with Gasteiger partial charge in [-0.25, -0.2) is 0 Å². The Labute approximate surface area is 144 Å². The van der Waals surface area contributed by atoms with Crippen LogP contribution in [-0.2, 0) is 0 Å². The van der Waals surface area contributed by atoms with Crippen LogP contribution >= 0.6 is 0 Å². The van der Waals surface area contributed by atoms with Crippen molar-refractivity contribution in [3.63, 3.8) is 0 Å².